The largest absolute Gasteiger partial charge is 0.343 e. The Morgan fingerprint density at radius 1 is 0.840 bits per heavy atom. The molecule has 6 heteroatoms. The van der Waals surface area contributed by atoms with Crippen LogP contribution in [0.4, 0.5) is 0 Å². The summed E-state index contributed by atoms with van der Waals surface area (Å²) in [6, 6.07) is 7.07. The Kier molecular flexibility index (Phi) is 6.12. The maximum Gasteiger partial charge on any atom is 0.243 e. The molecule has 0 spiro atoms. The molecule has 2 aliphatic heterocycles. The van der Waals surface area contributed by atoms with Gasteiger partial charge in [0, 0.05) is 32.6 Å². The summed E-state index contributed by atoms with van der Waals surface area (Å²) in [6.45, 7) is 3.00. The van der Waals surface area contributed by atoms with Crippen molar-refractivity contribution in [2.24, 2.45) is 0 Å². The zero-order valence-corrected chi connectivity index (χ0v) is 15.6. The molecule has 3 rings (SSSR count). The van der Waals surface area contributed by atoms with Crippen LogP contribution < -0.4 is 0 Å². The number of carbonyl (C=O) groups excluding carboxylic acids is 1. The highest BCUT2D eigenvalue weighted by atomic mass is 32.2. The number of hydrogen-bond donors (Lipinski definition) is 0. The molecule has 0 N–H and O–H groups in total. The van der Waals surface area contributed by atoms with Crippen LogP contribution in [0.25, 0.3) is 0 Å². The van der Waals surface area contributed by atoms with Crippen molar-refractivity contribution in [1.82, 2.24) is 9.21 Å². The van der Waals surface area contributed by atoms with E-state index in [2.05, 4.69) is 0 Å². The normalized spacial score (nSPS) is 19.8. The van der Waals surface area contributed by atoms with E-state index >= 15 is 0 Å². The summed E-state index contributed by atoms with van der Waals surface area (Å²) in [5, 5.41) is 0. The van der Waals surface area contributed by atoms with Crippen LogP contribution >= 0.6 is 0 Å². The van der Waals surface area contributed by atoms with Crippen LogP contribution in [-0.2, 0) is 21.2 Å². The van der Waals surface area contributed by atoms with Gasteiger partial charge >= 0.3 is 0 Å². The number of piperidine rings is 2. The Balaban J connectivity index is 1.57. The molecule has 0 atom stereocenters. The van der Waals surface area contributed by atoms with Crippen molar-refractivity contribution in [2.45, 2.75) is 56.3 Å². The van der Waals surface area contributed by atoms with Crippen LogP contribution in [0.2, 0.25) is 0 Å². The lowest BCUT2D eigenvalue weighted by Crippen LogP contribution is -2.35. The van der Waals surface area contributed by atoms with Crippen molar-refractivity contribution in [1.29, 1.82) is 0 Å². The van der Waals surface area contributed by atoms with E-state index in [4.69, 9.17) is 0 Å². The fraction of sp³-hybridized carbons (Fsp3) is 0.632. The number of hydrogen-bond acceptors (Lipinski definition) is 3. The molecular formula is C19H28N2O3S. The van der Waals surface area contributed by atoms with Gasteiger partial charge in [0.1, 0.15) is 0 Å². The van der Waals surface area contributed by atoms with Crippen LogP contribution in [0.1, 0.15) is 50.5 Å². The molecule has 138 valence electrons. The van der Waals surface area contributed by atoms with E-state index < -0.39 is 10.0 Å². The Morgan fingerprint density at radius 2 is 1.40 bits per heavy atom. The second-order valence-electron chi connectivity index (χ2n) is 7.05. The second kappa shape index (κ2) is 8.32. The average molecular weight is 365 g/mol. The first-order chi connectivity index (χ1) is 12.1. The minimum atomic E-state index is -3.37. The third kappa shape index (κ3) is 4.61. The van der Waals surface area contributed by atoms with Crippen molar-refractivity contribution in [3.8, 4) is 0 Å². The molecular weight excluding hydrogens is 336 g/mol. The summed E-state index contributed by atoms with van der Waals surface area (Å²) >= 11 is 0. The molecule has 2 aliphatic rings. The molecule has 0 aliphatic carbocycles. The number of sulfonamides is 1. The minimum absolute atomic E-state index is 0.213. The van der Waals surface area contributed by atoms with E-state index in [-0.39, 0.29) is 5.91 Å². The number of benzene rings is 1. The Hall–Kier alpha value is -1.40. The quantitative estimate of drug-likeness (QED) is 0.807. The Morgan fingerprint density at radius 3 is 2.00 bits per heavy atom. The van der Waals surface area contributed by atoms with E-state index in [9.17, 15) is 13.2 Å². The monoisotopic (exact) mass is 364 g/mol. The fourth-order valence-corrected chi connectivity index (χ4v) is 5.15. The number of aryl methyl sites for hydroxylation is 1. The minimum Gasteiger partial charge on any atom is -0.343 e. The number of rotatable bonds is 5. The zero-order valence-electron chi connectivity index (χ0n) is 14.8. The summed E-state index contributed by atoms with van der Waals surface area (Å²) in [7, 11) is -3.37. The highest BCUT2D eigenvalue weighted by Gasteiger charge is 2.25. The summed E-state index contributed by atoms with van der Waals surface area (Å²) < 4.78 is 26.9. The Labute approximate surface area is 151 Å². The molecule has 1 aromatic carbocycles. The second-order valence-corrected chi connectivity index (χ2v) is 8.99. The lowest BCUT2D eigenvalue weighted by molar-refractivity contribution is -0.132. The number of nitrogens with zero attached hydrogens (tertiary/aromatic N) is 2. The van der Waals surface area contributed by atoms with E-state index in [1.165, 1.54) is 6.42 Å². The standard InChI is InChI=1S/C19H28N2O3S/c22-19(20-13-3-1-4-14-20)12-9-17-7-10-18(11-8-17)25(23,24)21-15-5-2-6-16-21/h7-8,10-11H,1-6,9,12-16H2. The number of likely N-dealkylation sites (tertiary alicyclic amines) is 1. The maximum atomic E-state index is 12.6. The molecule has 0 radical (unpaired) electrons. The smallest absolute Gasteiger partial charge is 0.243 e. The van der Waals surface area contributed by atoms with Crippen molar-refractivity contribution in [2.75, 3.05) is 26.2 Å². The number of carbonyl (C=O) groups is 1. The maximum absolute atomic E-state index is 12.6. The van der Waals surface area contributed by atoms with Gasteiger partial charge in [0.05, 0.1) is 4.90 Å². The van der Waals surface area contributed by atoms with Gasteiger partial charge in [0.15, 0.2) is 0 Å². The van der Waals surface area contributed by atoms with Gasteiger partial charge < -0.3 is 4.90 Å². The van der Waals surface area contributed by atoms with Crippen LogP contribution in [0.5, 0.6) is 0 Å². The summed E-state index contributed by atoms with van der Waals surface area (Å²) in [5.41, 5.74) is 1.02. The zero-order chi connectivity index (χ0) is 17.7. The highest BCUT2D eigenvalue weighted by Crippen LogP contribution is 2.21. The van der Waals surface area contributed by atoms with Crippen molar-refractivity contribution in [3.05, 3.63) is 29.8 Å². The fourth-order valence-electron chi connectivity index (χ4n) is 3.64. The first-order valence-corrected chi connectivity index (χ1v) is 10.9. The van der Waals surface area contributed by atoms with Crippen molar-refractivity contribution < 1.29 is 13.2 Å². The average Bonchev–Trinajstić information content (AvgIpc) is 2.68. The van der Waals surface area contributed by atoms with Gasteiger partial charge in [-0.25, -0.2) is 8.42 Å². The molecule has 1 aromatic rings. The lowest BCUT2D eigenvalue weighted by atomic mass is 10.1. The van der Waals surface area contributed by atoms with Crippen LogP contribution in [-0.4, -0.2) is 49.7 Å². The predicted octanol–water partition coefficient (Wildman–Crippen LogP) is 2.81. The van der Waals surface area contributed by atoms with Crippen LogP contribution in [0.3, 0.4) is 0 Å². The van der Waals surface area contributed by atoms with Gasteiger partial charge in [-0.3, -0.25) is 4.79 Å². The topological polar surface area (TPSA) is 57.7 Å². The molecule has 25 heavy (non-hydrogen) atoms. The molecule has 2 fully saturated rings. The summed E-state index contributed by atoms with van der Waals surface area (Å²) in [5.74, 6) is 0.213. The Bertz CT molecular complexity index is 673. The van der Waals surface area contributed by atoms with Crippen molar-refractivity contribution >= 4 is 15.9 Å². The predicted molar refractivity (Wildman–Crippen MR) is 97.8 cm³/mol. The molecule has 0 saturated carbocycles. The van der Waals surface area contributed by atoms with E-state index in [0.29, 0.717) is 30.8 Å². The van der Waals surface area contributed by atoms with Gasteiger partial charge in [0.25, 0.3) is 0 Å². The molecule has 0 bridgehead atoms. The molecule has 2 saturated heterocycles. The first kappa shape index (κ1) is 18.4. The van der Waals surface area contributed by atoms with Crippen LogP contribution in [0, 0.1) is 0 Å². The van der Waals surface area contributed by atoms with Gasteiger partial charge in [0.2, 0.25) is 15.9 Å². The molecule has 2 heterocycles. The van der Waals surface area contributed by atoms with Gasteiger partial charge in [-0.1, -0.05) is 18.6 Å². The van der Waals surface area contributed by atoms with E-state index in [1.54, 1.807) is 16.4 Å². The first-order valence-electron chi connectivity index (χ1n) is 9.44. The van der Waals surface area contributed by atoms with E-state index in [0.717, 1.165) is 50.8 Å². The summed E-state index contributed by atoms with van der Waals surface area (Å²) in [6.07, 6.45) is 7.58. The van der Waals surface area contributed by atoms with Gasteiger partial charge in [-0.2, -0.15) is 4.31 Å². The molecule has 5 nitrogen and oxygen atoms in total. The summed E-state index contributed by atoms with van der Waals surface area (Å²) in [4.78, 5) is 14.5. The SMILES string of the molecule is O=C(CCc1ccc(S(=O)(=O)N2CCCCC2)cc1)N1CCCCC1. The lowest BCUT2D eigenvalue weighted by Gasteiger charge is -2.27. The van der Waals surface area contributed by atoms with Gasteiger partial charge in [-0.05, 0) is 56.2 Å². The molecule has 1 amide bonds. The number of amides is 1. The third-order valence-electron chi connectivity index (χ3n) is 5.21. The third-order valence-corrected chi connectivity index (χ3v) is 7.13. The molecule has 0 unspecified atom stereocenters. The van der Waals surface area contributed by atoms with Crippen molar-refractivity contribution in [3.63, 3.8) is 0 Å². The van der Waals surface area contributed by atoms with Crippen LogP contribution in [0.15, 0.2) is 29.2 Å². The van der Waals surface area contributed by atoms with Gasteiger partial charge in [-0.15, -0.1) is 0 Å². The highest BCUT2D eigenvalue weighted by molar-refractivity contribution is 7.89. The molecule has 0 aromatic heterocycles. The van der Waals surface area contributed by atoms with E-state index in [1.807, 2.05) is 17.0 Å².